The van der Waals surface area contributed by atoms with Gasteiger partial charge < -0.3 is 9.73 Å². The molecule has 0 aliphatic heterocycles. The van der Waals surface area contributed by atoms with Crippen LogP contribution in [0.3, 0.4) is 0 Å². The molecule has 0 saturated heterocycles. The highest BCUT2D eigenvalue weighted by molar-refractivity contribution is 6.30. The molecule has 1 N–H and O–H groups in total. The normalized spacial score (nSPS) is 11.2. The summed E-state index contributed by atoms with van der Waals surface area (Å²) >= 11 is 5.87. The maximum atomic E-state index is 5.87. The van der Waals surface area contributed by atoms with Crippen LogP contribution in [0.1, 0.15) is 26.2 Å². The van der Waals surface area contributed by atoms with E-state index < -0.39 is 0 Å². The third-order valence-corrected chi connectivity index (χ3v) is 3.23. The van der Waals surface area contributed by atoms with Gasteiger partial charge >= 0.3 is 0 Å². The summed E-state index contributed by atoms with van der Waals surface area (Å²) in [7, 11) is 0. The Morgan fingerprint density at radius 2 is 2.00 bits per heavy atom. The first-order valence-electron chi connectivity index (χ1n) is 7.06. The smallest absolute Gasteiger partial charge is 0.194 e. The van der Waals surface area contributed by atoms with Gasteiger partial charge in [0.1, 0.15) is 0 Å². The number of halogens is 1. The molecule has 0 atom stereocenters. The molecule has 0 aliphatic rings. The van der Waals surface area contributed by atoms with E-state index in [1.165, 1.54) is 0 Å². The highest BCUT2D eigenvalue weighted by Crippen LogP contribution is 2.22. The number of nitrogens with zero attached hydrogens (tertiary/aromatic N) is 1. The minimum absolute atomic E-state index is 0.688. The van der Waals surface area contributed by atoms with Crippen LogP contribution < -0.4 is 5.32 Å². The van der Waals surface area contributed by atoms with E-state index in [0.717, 1.165) is 48.2 Å². The van der Waals surface area contributed by atoms with Crippen molar-refractivity contribution in [3.05, 3.63) is 41.4 Å². The van der Waals surface area contributed by atoms with Gasteiger partial charge in [-0.1, -0.05) is 25.4 Å². The van der Waals surface area contributed by atoms with Crippen molar-refractivity contribution >= 4 is 11.6 Å². The van der Waals surface area contributed by atoms with E-state index in [2.05, 4.69) is 24.1 Å². The maximum Gasteiger partial charge on any atom is 0.194 e. The summed E-state index contributed by atoms with van der Waals surface area (Å²) in [6.07, 6.45) is 3.67. The van der Waals surface area contributed by atoms with E-state index in [9.17, 15) is 0 Å². The quantitative estimate of drug-likeness (QED) is 0.778. The fourth-order valence-electron chi connectivity index (χ4n) is 1.93. The van der Waals surface area contributed by atoms with Crippen LogP contribution in [0.4, 0.5) is 0 Å². The lowest BCUT2D eigenvalue weighted by Crippen LogP contribution is -2.21. The van der Waals surface area contributed by atoms with Crippen LogP contribution in [0.5, 0.6) is 0 Å². The Morgan fingerprint density at radius 3 is 2.70 bits per heavy atom. The van der Waals surface area contributed by atoms with Gasteiger partial charge in [-0.05, 0) is 49.7 Å². The van der Waals surface area contributed by atoms with Crippen molar-refractivity contribution < 1.29 is 4.42 Å². The molecule has 1 aromatic carbocycles. The van der Waals surface area contributed by atoms with Crippen molar-refractivity contribution in [3.8, 4) is 11.3 Å². The van der Waals surface area contributed by atoms with Gasteiger partial charge in [0, 0.05) is 17.0 Å². The average molecular weight is 293 g/mol. The molecular formula is C16H21ClN2O. The first kappa shape index (κ1) is 15.1. The predicted octanol–water partition coefficient (Wildman–Crippen LogP) is 4.17. The number of benzene rings is 1. The molecule has 0 amide bonds. The standard InChI is InChI=1S/C16H21ClN2O/c1-12(2)10-18-9-3-4-16-19-11-15(20-16)13-5-7-14(17)8-6-13/h5-8,11-12,18H,3-4,9-10H2,1-2H3. The van der Waals surface area contributed by atoms with Crippen LogP contribution in [0, 0.1) is 5.92 Å². The van der Waals surface area contributed by atoms with Crippen LogP contribution in [0.2, 0.25) is 5.02 Å². The SMILES string of the molecule is CC(C)CNCCCc1ncc(-c2ccc(Cl)cc2)o1. The fourth-order valence-corrected chi connectivity index (χ4v) is 2.05. The van der Waals surface area contributed by atoms with Crippen LogP contribution in [0.25, 0.3) is 11.3 Å². The summed E-state index contributed by atoms with van der Waals surface area (Å²) in [4.78, 5) is 4.32. The maximum absolute atomic E-state index is 5.87. The van der Waals surface area contributed by atoms with Crippen molar-refractivity contribution in [2.24, 2.45) is 5.92 Å². The fraction of sp³-hybridized carbons (Fsp3) is 0.438. The van der Waals surface area contributed by atoms with Gasteiger partial charge in [-0.15, -0.1) is 0 Å². The zero-order chi connectivity index (χ0) is 14.4. The summed E-state index contributed by atoms with van der Waals surface area (Å²) in [6.45, 7) is 6.47. The number of rotatable bonds is 7. The number of oxazole rings is 1. The monoisotopic (exact) mass is 292 g/mol. The minimum atomic E-state index is 0.688. The third-order valence-electron chi connectivity index (χ3n) is 2.98. The van der Waals surface area contributed by atoms with Crippen molar-refractivity contribution in [1.82, 2.24) is 10.3 Å². The molecule has 108 valence electrons. The summed E-state index contributed by atoms with van der Waals surface area (Å²) in [6, 6.07) is 7.59. The molecule has 3 nitrogen and oxygen atoms in total. The summed E-state index contributed by atoms with van der Waals surface area (Å²) < 4.78 is 5.76. The number of aromatic nitrogens is 1. The molecule has 2 rings (SSSR count). The second-order valence-electron chi connectivity index (χ2n) is 5.33. The Hall–Kier alpha value is -1.32. The van der Waals surface area contributed by atoms with Crippen molar-refractivity contribution in [2.75, 3.05) is 13.1 Å². The van der Waals surface area contributed by atoms with Crippen molar-refractivity contribution in [1.29, 1.82) is 0 Å². The largest absolute Gasteiger partial charge is 0.441 e. The molecule has 0 unspecified atom stereocenters. The second-order valence-corrected chi connectivity index (χ2v) is 5.76. The van der Waals surface area contributed by atoms with Gasteiger partial charge in [0.05, 0.1) is 6.20 Å². The predicted molar refractivity (Wildman–Crippen MR) is 83.0 cm³/mol. The van der Waals surface area contributed by atoms with Gasteiger partial charge in [-0.25, -0.2) is 4.98 Å². The van der Waals surface area contributed by atoms with Gasteiger partial charge in [0.15, 0.2) is 11.7 Å². The molecule has 2 aromatic rings. The average Bonchev–Trinajstić information content (AvgIpc) is 2.87. The van der Waals surface area contributed by atoms with E-state index in [1.807, 2.05) is 24.3 Å². The van der Waals surface area contributed by atoms with Crippen LogP contribution in [-0.4, -0.2) is 18.1 Å². The van der Waals surface area contributed by atoms with Crippen LogP contribution in [-0.2, 0) is 6.42 Å². The lowest BCUT2D eigenvalue weighted by atomic mass is 10.2. The van der Waals surface area contributed by atoms with E-state index in [1.54, 1.807) is 6.20 Å². The number of hydrogen-bond acceptors (Lipinski definition) is 3. The van der Waals surface area contributed by atoms with Crippen LogP contribution in [0.15, 0.2) is 34.9 Å². The number of aryl methyl sites for hydroxylation is 1. The molecule has 0 spiro atoms. The molecular weight excluding hydrogens is 272 g/mol. The second kappa shape index (κ2) is 7.46. The highest BCUT2D eigenvalue weighted by Gasteiger charge is 2.06. The first-order chi connectivity index (χ1) is 9.65. The molecule has 0 saturated carbocycles. The van der Waals surface area contributed by atoms with E-state index >= 15 is 0 Å². The molecule has 1 heterocycles. The highest BCUT2D eigenvalue weighted by atomic mass is 35.5. The number of nitrogens with one attached hydrogen (secondary N) is 1. The van der Waals surface area contributed by atoms with Gasteiger partial charge in [-0.3, -0.25) is 0 Å². The van der Waals surface area contributed by atoms with Crippen LogP contribution >= 0.6 is 11.6 Å². The molecule has 4 heteroatoms. The van der Waals surface area contributed by atoms with Crippen molar-refractivity contribution in [2.45, 2.75) is 26.7 Å². The molecule has 0 radical (unpaired) electrons. The molecule has 0 aliphatic carbocycles. The molecule has 20 heavy (non-hydrogen) atoms. The lowest BCUT2D eigenvalue weighted by molar-refractivity contribution is 0.483. The Balaban J connectivity index is 1.82. The Morgan fingerprint density at radius 1 is 1.25 bits per heavy atom. The first-order valence-corrected chi connectivity index (χ1v) is 7.44. The lowest BCUT2D eigenvalue weighted by Gasteiger charge is -2.05. The molecule has 0 fully saturated rings. The third kappa shape index (κ3) is 4.66. The van der Waals surface area contributed by atoms with Gasteiger partial charge in [0.25, 0.3) is 0 Å². The van der Waals surface area contributed by atoms with Crippen molar-refractivity contribution in [3.63, 3.8) is 0 Å². The Bertz CT molecular complexity index is 520. The topological polar surface area (TPSA) is 38.1 Å². The summed E-state index contributed by atoms with van der Waals surface area (Å²) in [5.74, 6) is 2.28. The minimum Gasteiger partial charge on any atom is -0.441 e. The van der Waals surface area contributed by atoms with E-state index in [-0.39, 0.29) is 0 Å². The van der Waals surface area contributed by atoms with Gasteiger partial charge in [0.2, 0.25) is 0 Å². The molecule has 1 aromatic heterocycles. The van der Waals surface area contributed by atoms with E-state index in [0.29, 0.717) is 5.92 Å². The Labute approximate surface area is 125 Å². The summed E-state index contributed by atoms with van der Waals surface area (Å²) in [5.41, 5.74) is 1.01. The Kier molecular flexibility index (Phi) is 5.62. The zero-order valence-electron chi connectivity index (χ0n) is 12.0. The number of hydrogen-bond donors (Lipinski definition) is 1. The summed E-state index contributed by atoms with van der Waals surface area (Å²) in [5, 5.41) is 4.14. The van der Waals surface area contributed by atoms with E-state index in [4.69, 9.17) is 16.0 Å². The molecule has 0 bridgehead atoms. The zero-order valence-corrected chi connectivity index (χ0v) is 12.8. The van der Waals surface area contributed by atoms with Gasteiger partial charge in [-0.2, -0.15) is 0 Å².